The van der Waals surface area contributed by atoms with Crippen LogP contribution in [0.15, 0.2) is 22.7 Å². The van der Waals surface area contributed by atoms with Crippen LogP contribution >= 0.6 is 28.1 Å². The summed E-state index contributed by atoms with van der Waals surface area (Å²) in [5.74, 6) is 1.30. The second-order valence-corrected chi connectivity index (χ2v) is 7.37. The molecule has 3 atom stereocenters. The molecular weight excluding hydrogens is 336 g/mol. The molecule has 0 aromatic heterocycles. The van der Waals surface area contributed by atoms with E-state index in [-0.39, 0.29) is 11.8 Å². The lowest BCUT2D eigenvalue weighted by atomic mass is 9.81. The molecule has 3 aliphatic rings. The van der Waals surface area contributed by atoms with Crippen molar-refractivity contribution >= 4 is 33.3 Å². The molecule has 0 amide bonds. The molecule has 0 radical (unpaired) electrons. The average Bonchev–Trinajstić information content (AvgIpc) is 3.19. The van der Waals surface area contributed by atoms with Gasteiger partial charge in [0.1, 0.15) is 5.75 Å². The summed E-state index contributed by atoms with van der Waals surface area (Å²) in [6.45, 7) is 4.43. The number of benzene rings is 1. The van der Waals surface area contributed by atoms with Crippen LogP contribution in [0, 0.1) is 5.92 Å². The lowest BCUT2D eigenvalue weighted by molar-refractivity contribution is -0.114. The molecule has 2 bridgehead atoms. The molecule has 1 saturated heterocycles. The van der Waals surface area contributed by atoms with Gasteiger partial charge in [-0.05, 0) is 54.0 Å². The molecule has 2 fully saturated rings. The third-order valence-corrected chi connectivity index (χ3v) is 5.81. The van der Waals surface area contributed by atoms with Crippen molar-refractivity contribution in [2.75, 3.05) is 0 Å². The van der Waals surface area contributed by atoms with Crippen molar-refractivity contribution in [2.24, 2.45) is 5.92 Å². The third kappa shape index (κ3) is 1.59. The Labute approximate surface area is 132 Å². The van der Waals surface area contributed by atoms with Gasteiger partial charge in [-0.15, -0.1) is 0 Å². The Hall–Kier alpha value is -0.810. The molecule has 4 rings (SSSR count). The molecule has 3 nitrogen and oxygen atoms in total. The van der Waals surface area contributed by atoms with Crippen LogP contribution < -0.4 is 10.1 Å². The number of nitrogens with zero attached hydrogens (tertiary/aromatic N) is 1. The molecule has 1 aromatic rings. The fraction of sp³-hybridized carbons (Fsp3) is 0.533. The van der Waals surface area contributed by atoms with E-state index in [1.165, 1.54) is 18.4 Å². The van der Waals surface area contributed by atoms with E-state index in [2.05, 4.69) is 52.1 Å². The molecule has 2 aliphatic heterocycles. The molecule has 1 N–H and O–H groups in total. The van der Waals surface area contributed by atoms with Crippen molar-refractivity contribution in [1.29, 1.82) is 0 Å². The molecule has 1 aromatic carbocycles. The minimum atomic E-state index is -0.356. The van der Waals surface area contributed by atoms with Gasteiger partial charge < -0.3 is 15.0 Å². The molecule has 5 heteroatoms. The van der Waals surface area contributed by atoms with Gasteiger partial charge in [0.2, 0.25) is 0 Å². The van der Waals surface area contributed by atoms with Crippen LogP contribution in [0.5, 0.6) is 5.75 Å². The smallest absolute Gasteiger partial charge is 0.187 e. The summed E-state index contributed by atoms with van der Waals surface area (Å²) in [6.07, 6.45) is 2.42. The Kier molecular flexibility index (Phi) is 2.65. The van der Waals surface area contributed by atoms with Gasteiger partial charge in [0, 0.05) is 17.5 Å². The Morgan fingerprint density at radius 1 is 1.45 bits per heavy atom. The van der Waals surface area contributed by atoms with Crippen molar-refractivity contribution in [3.8, 4) is 5.75 Å². The molecule has 2 heterocycles. The Morgan fingerprint density at radius 3 is 2.90 bits per heavy atom. The number of ether oxygens (including phenoxy) is 1. The summed E-state index contributed by atoms with van der Waals surface area (Å²) in [6, 6.07) is 6.98. The lowest BCUT2D eigenvalue weighted by Crippen LogP contribution is -2.69. The second kappa shape index (κ2) is 4.10. The fourth-order valence-corrected chi connectivity index (χ4v) is 4.41. The number of halogens is 1. The van der Waals surface area contributed by atoms with Gasteiger partial charge in [-0.1, -0.05) is 19.1 Å². The molecule has 106 valence electrons. The van der Waals surface area contributed by atoms with Crippen LogP contribution in [0.2, 0.25) is 0 Å². The highest BCUT2D eigenvalue weighted by atomic mass is 79.9. The number of fused-ring (bicyclic) bond motifs is 4. The van der Waals surface area contributed by atoms with E-state index in [4.69, 9.17) is 17.0 Å². The first-order valence-electron chi connectivity index (χ1n) is 7.09. The number of nitrogens with one attached hydrogen (secondary N) is 1. The highest BCUT2D eigenvalue weighted by Crippen LogP contribution is 2.52. The van der Waals surface area contributed by atoms with E-state index in [1.54, 1.807) is 0 Å². The van der Waals surface area contributed by atoms with Crippen LogP contribution in [0.3, 0.4) is 0 Å². The monoisotopic (exact) mass is 352 g/mol. The predicted octanol–water partition coefficient (Wildman–Crippen LogP) is 3.59. The minimum Gasteiger partial charge on any atom is -0.466 e. The van der Waals surface area contributed by atoms with Crippen molar-refractivity contribution in [2.45, 2.75) is 44.5 Å². The molecule has 20 heavy (non-hydrogen) atoms. The van der Waals surface area contributed by atoms with Gasteiger partial charge in [-0.2, -0.15) is 0 Å². The van der Waals surface area contributed by atoms with E-state index in [0.29, 0.717) is 12.0 Å². The summed E-state index contributed by atoms with van der Waals surface area (Å²) >= 11 is 9.23. The van der Waals surface area contributed by atoms with Gasteiger partial charge in [0.05, 0.1) is 10.5 Å². The van der Waals surface area contributed by atoms with Crippen molar-refractivity contribution in [1.82, 2.24) is 10.2 Å². The van der Waals surface area contributed by atoms with Crippen LogP contribution in [0.1, 0.15) is 38.3 Å². The van der Waals surface area contributed by atoms with Gasteiger partial charge in [0.25, 0.3) is 0 Å². The predicted molar refractivity (Wildman–Crippen MR) is 85.7 cm³/mol. The maximum Gasteiger partial charge on any atom is 0.187 e. The zero-order valence-corrected chi connectivity index (χ0v) is 13.9. The molecule has 3 unspecified atom stereocenters. The number of thiocarbonyl (C=S) groups is 1. The second-order valence-electron chi connectivity index (χ2n) is 6.13. The van der Waals surface area contributed by atoms with Crippen molar-refractivity contribution < 1.29 is 4.74 Å². The zero-order chi connectivity index (χ0) is 14.1. The van der Waals surface area contributed by atoms with Crippen molar-refractivity contribution in [3.05, 3.63) is 28.2 Å². The highest BCUT2D eigenvalue weighted by molar-refractivity contribution is 9.10. The summed E-state index contributed by atoms with van der Waals surface area (Å²) in [5, 5.41) is 4.37. The highest BCUT2D eigenvalue weighted by Gasteiger charge is 2.56. The largest absolute Gasteiger partial charge is 0.466 e. The van der Waals surface area contributed by atoms with E-state index < -0.39 is 0 Å². The van der Waals surface area contributed by atoms with E-state index in [0.717, 1.165) is 15.3 Å². The maximum absolute atomic E-state index is 6.47. The van der Waals surface area contributed by atoms with E-state index >= 15 is 0 Å². The maximum atomic E-state index is 6.47. The number of rotatable bonds is 1. The van der Waals surface area contributed by atoms with Gasteiger partial charge in [-0.3, -0.25) is 0 Å². The Morgan fingerprint density at radius 2 is 2.20 bits per heavy atom. The van der Waals surface area contributed by atoms with Crippen LogP contribution in [-0.4, -0.2) is 21.8 Å². The Bertz CT molecular complexity index is 604. The van der Waals surface area contributed by atoms with E-state index in [1.807, 2.05) is 6.07 Å². The number of hydrogen-bond acceptors (Lipinski definition) is 2. The van der Waals surface area contributed by atoms with Gasteiger partial charge in [0.15, 0.2) is 10.8 Å². The molecule has 0 spiro atoms. The summed E-state index contributed by atoms with van der Waals surface area (Å²) in [7, 11) is 0. The first kappa shape index (κ1) is 12.9. The van der Waals surface area contributed by atoms with Crippen molar-refractivity contribution in [3.63, 3.8) is 0 Å². The quantitative estimate of drug-likeness (QED) is 0.780. The Balaban J connectivity index is 1.88. The number of hydrogen-bond donors (Lipinski definition) is 1. The summed E-state index contributed by atoms with van der Waals surface area (Å²) in [5.41, 5.74) is 0.840. The summed E-state index contributed by atoms with van der Waals surface area (Å²) in [4.78, 5) is 2.28. The summed E-state index contributed by atoms with van der Waals surface area (Å²) < 4.78 is 7.49. The molecular formula is C15H17BrN2OS. The van der Waals surface area contributed by atoms with Crippen LogP contribution in [-0.2, 0) is 0 Å². The normalized spacial score (nSPS) is 35.1. The first-order chi connectivity index (χ1) is 9.52. The first-order valence-corrected chi connectivity index (χ1v) is 8.30. The van der Waals surface area contributed by atoms with Crippen LogP contribution in [0.4, 0.5) is 0 Å². The lowest BCUT2D eigenvalue weighted by Gasteiger charge is -2.56. The van der Waals surface area contributed by atoms with E-state index in [9.17, 15) is 0 Å². The minimum absolute atomic E-state index is 0.226. The fourth-order valence-electron chi connectivity index (χ4n) is 3.49. The molecule has 1 aliphatic carbocycles. The number of para-hydroxylation sites is 1. The zero-order valence-electron chi connectivity index (χ0n) is 11.5. The third-order valence-electron chi connectivity index (χ3n) is 4.87. The van der Waals surface area contributed by atoms with Gasteiger partial charge >= 0.3 is 0 Å². The SMILES string of the molecule is CC1C2NC(=S)N(C3CC3)C1(C)Oc1c(Br)cccc12. The average molecular weight is 353 g/mol. The van der Waals surface area contributed by atoms with Gasteiger partial charge in [-0.25, -0.2) is 0 Å². The molecule has 1 saturated carbocycles. The van der Waals surface area contributed by atoms with Crippen LogP contribution in [0.25, 0.3) is 0 Å². The topological polar surface area (TPSA) is 24.5 Å². The standard InChI is InChI=1S/C15H17BrN2OS/c1-8-12-10-4-3-5-11(16)13(10)19-15(8,2)18(9-6-7-9)14(20)17-12/h3-5,8-9,12H,6-7H2,1-2H3,(H,17,20).